The van der Waals surface area contributed by atoms with E-state index >= 15 is 0 Å². The van der Waals surface area contributed by atoms with Gasteiger partial charge in [0.2, 0.25) is 0 Å². The molecule has 1 heterocycles. The summed E-state index contributed by atoms with van der Waals surface area (Å²) in [6, 6.07) is 11.9. The van der Waals surface area contributed by atoms with Gasteiger partial charge < -0.3 is 5.32 Å². The first-order valence-corrected chi connectivity index (χ1v) is 7.19. The van der Waals surface area contributed by atoms with E-state index in [2.05, 4.69) is 28.3 Å². The fourth-order valence-corrected chi connectivity index (χ4v) is 2.82. The van der Waals surface area contributed by atoms with Crippen molar-refractivity contribution < 1.29 is 0 Å². The maximum Gasteiger partial charge on any atom is 0.162 e. The number of aromatic nitrogens is 2. The first-order valence-electron chi connectivity index (χ1n) is 6.81. The molecule has 0 atom stereocenters. The summed E-state index contributed by atoms with van der Waals surface area (Å²) in [5, 5.41) is 4.92. The van der Waals surface area contributed by atoms with E-state index in [1.54, 1.807) is 0 Å². The normalized spacial score (nSPS) is 10.9. The number of halogens is 1. The lowest BCUT2D eigenvalue weighted by molar-refractivity contribution is 1.20. The summed E-state index contributed by atoms with van der Waals surface area (Å²) in [5.41, 5.74) is 4.11. The Morgan fingerprint density at radius 3 is 2.57 bits per heavy atom. The van der Waals surface area contributed by atoms with Crippen LogP contribution in [0, 0.1) is 13.8 Å². The van der Waals surface area contributed by atoms with E-state index in [0.29, 0.717) is 10.8 Å². The van der Waals surface area contributed by atoms with Crippen LogP contribution < -0.4 is 5.32 Å². The number of rotatable bonds is 2. The Balaban J connectivity index is 2.29. The summed E-state index contributed by atoms with van der Waals surface area (Å²) in [6.45, 7) is 4.08. The second-order valence-electron chi connectivity index (χ2n) is 5.13. The predicted octanol–water partition coefficient (Wildman–Crippen LogP) is 4.61. The maximum atomic E-state index is 6.15. The molecule has 0 aliphatic heterocycles. The molecule has 0 saturated heterocycles. The second-order valence-corrected chi connectivity index (χ2v) is 5.57. The molecule has 0 bridgehead atoms. The molecule has 2 aromatic carbocycles. The van der Waals surface area contributed by atoms with Gasteiger partial charge in [0, 0.05) is 23.0 Å². The number of fused-ring (bicyclic) bond motifs is 1. The number of hydrogen-bond acceptors (Lipinski definition) is 3. The molecule has 0 saturated carbocycles. The van der Waals surface area contributed by atoms with E-state index < -0.39 is 0 Å². The van der Waals surface area contributed by atoms with E-state index in [1.807, 2.05) is 44.3 Å². The van der Waals surface area contributed by atoms with Gasteiger partial charge in [0.25, 0.3) is 0 Å². The zero-order valence-corrected chi connectivity index (χ0v) is 13.0. The van der Waals surface area contributed by atoms with Gasteiger partial charge in [-0.05, 0) is 49.2 Å². The van der Waals surface area contributed by atoms with E-state index in [4.69, 9.17) is 11.6 Å². The molecule has 0 unspecified atom stereocenters. The van der Waals surface area contributed by atoms with Gasteiger partial charge >= 0.3 is 0 Å². The Morgan fingerprint density at radius 1 is 1.05 bits per heavy atom. The van der Waals surface area contributed by atoms with Crippen LogP contribution in [0.4, 0.5) is 5.82 Å². The van der Waals surface area contributed by atoms with E-state index in [9.17, 15) is 0 Å². The summed E-state index contributed by atoms with van der Waals surface area (Å²) in [4.78, 5) is 9.34. The number of nitrogens with one attached hydrogen (secondary N) is 1. The summed E-state index contributed by atoms with van der Waals surface area (Å²) < 4.78 is 0. The van der Waals surface area contributed by atoms with Crippen molar-refractivity contribution in [3.8, 4) is 11.4 Å². The Kier molecular flexibility index (Phi) is 3.52. The Bertz CT molecular complexity index is 807. The molecule has 106 valence electrons. The summed E-state index contributed by atoms with van der Waals surface area (Å²) in [6.07, 6.45) is 0. The molecule has 0 radical (unpaired) electrons. The molecule has 1 aromatic heterocycles. The van der Waals surface area contributed by atoms with E-state index in [0.717, 1.165) is 33.4 Å². The van der Waals surface area contributed by atoms with Crippen molar-refractivity contribution in [1.29, 1.82) is 0 Å². The average Bonchev–Trinajstić information content (AvgIpc) is 2.45. The molecule has 0 amide bonds. The van der Waals surface area contributed by atoms with Crippen molar-refractivity contribution in [2.24, 2.45) is 0 Å². The number of anilines is 1. The topological polar surface area (TPSA) is 37.8 Å². The third-order valence-electron chi connectivity index (χ3n) is 3.47. The van der Waals surface area contributed by atoms with Crippen molar-refractivity contribution in [2.45, 2.75) is 13.8 Å². The van der Waals surface area contributed by atoms with Gasteiger partial charge in [-0.1, -0.05) is 23.7 Å². The highest BCUT2D eigenvalue weighted by molar-refractivity contribution is 6.30. The standard InChI is InChI=1S/C17H16ClN3/c1-10-7-12(9-13(18)8-10)16-20-14-6-4-5-11(2)15(14)17(19-3)21-16/h4-9H,1-3H3,(H,19,20,21). The molecular formula is C17H16ClN3. The zero-order chi connectivity index (χ0) is 15.0. The van der Waals surface area contributed by atoms with Gasteiger partial charge in [0.1, 0.15) is 5.82 Å². The molecule has 0 spiro atoms. The lowest BCUT2D eigenvalue weighted by atomic mass is 10.1. The third kappa shape index (κ3) is 2.57. The quantitative estimate of drug-likeness (QED) is 0.750. The van der Waals surface area contributed by atoms with E-state index in [1.165, 1.54) is 0 Å². The van der Waals surface area contributed by atoms with Gasteiger partial charge in [-0.2, -0.15) is 0 Å². The average molecular weight is 298 g/mol. The van der Waals surface area contributed by atoms with Crippen LogP contribution in [0.5, 0.6) is 0 Å². The second kappa shape index (κ2) is 5.34. The first kappa shape index (κ1) is 13.8. The highest BCUT2D eigenvalue weighted by atomic mass is 35.5. The van der Waals surface area contributed by atoms with Gasteiger partial charge in [0.05, 0.1) is 5.52 Å². The van der Waals surface area contributed by atoms with Crippen LogP contribution in [0.25, 0.3) is 22.3 Å². The fraction of sp³-hybridized carbons (Fsp3) is 0.176. The van der Waals surface area contributed by atoms with E-state index in [-0.39, 0.29) is 0 Å². The molecule has 0 aliphatic rings. The number of nitrogens with zero attached hydrogens (tertiary/aromatic N) is 2. The molecule has 3 nitrogen and oxygen atoms in total. The highest BCUT2D eigenvalue weighted by Gasteiger charge is 2.11. The molecule has 0 fully saturated rings. The van der Waals surface area contributed by atoms with Crippen LogP contribution in [0.3, 0.4) is 0 Å². The van der Waals surface area contributed by atoms with Gasteiger partial charge in [0.15, 0.2) is 5.82 Å². The van der Waals surface area contributed by atoms with Crippen molar-refractivity contribution in [2.75, 3.05) is 12.4 Å². The van der Waals surface area contributed by atoms with Crippen LogP contribution in [0.1, 0.15) is 11.1 Å². The minimum Gasteiger partial charge on any atom is -0.373 e. The van der Waals surface area contributed by atoms with Gasteiger partial charge in [-0.15, -0.1) is 0 Å². The largest absolute Gasteiger partial charge is 0.373 e. The van der Waals surface area contributed by atoms with Gasteiger partial charge in [-0.3, -0.25) is 0 Å². The van der Waals surface area contributed by atoms with Crippen molar-refractivity contribution in [1.82, 2.24) is 9.97 Å². The summed E-state index contributed by atoms with van der Waals surface area (Å²) in [7, 11) is 1.88. The smallest absolute Gasteiger partial charge is 0.162 e. The van der Waals surface area contributed by atoms with Crippen molar-refractivity contribution >= 4 is 28.3 Å². The Morgan fingerprint density at radius 2 is 1.86 bits per heavy atom. The van der Waals surface area contributed by atoms with Crippen LogP contribution in [-0.4, -0.2) is 17.0 Å². The Labute approximate surface area is 129 Å². The maximum absolute atomic E-state index is 6.15. The summed E-state index contributed by atoms with van der Waals surface area (Å²) >= 11 is 6.15. The number of aryl methyl sites for hydroxylation is 2. The molecule has 3 rings (SSSR count). The predicted molar refractivity (Wildman–Crippen MR) is 89.0 cm³/mol. The third-order valence-corrected chi connectivity index (χ3v) is 3.69. The minimum absolute atomic E-state index is 0.683. The lowest BCUT2D eigenvalue weighted by Gasteiger charge is -2.11. The van der Waals surface area contributed by atoms with Crippen LogP contribution in [0.15, 0.2) is 36.4 Å². The molecule has 21 heavy (non-hydrogen) atoms. The molecule has 1 N–H and O–H groups in total. The van der Waals surface area contributed by atoms with Crippen LogP contribution in [0.2, 0.25) is 5.02 Å². The minimum atomic E-state index is 0.683. The lowest BCUT2D eigenvalue weighted by Crippen LogP contribution is -2.00. The number of benzene rings is 2. The molecular weight excluding hydrogens is 282 g/mol. The monoisotopic (exact) mass is 297 g/mol. The van der Waals surface area contributed by atoms with Crippen LogP contribution >= 0.6 is 11.6 Å². The van der Waals surface area contributed by atoms with Crippen molar-refractivity contribution in [3.05, 3.63) is 52.5 Å². The Hall–Kier alpha value is -2.13. The molecule has 4 heteroatoms. The zero-order valence-electron chi connectivity index (χ0n) is 12.2. The van der Waals surface area contributed by atoms with Gasteiger partial charge in [-0.25, -0.2) is 9.97 Å². The van der Waals surface area contributed by atoms with Crippen molar-refractivity contribution in [3.63, 3.8) is 0 Å². The molecule has 0 aliphatic carbocycles. The highest BCUT2D eigenvalue weighted by Crippen LogP contribution is 2.28. The SMILES string of the molecule is CNc1nc(-c2cc(C)cc(Cl)c2)nc2cccc(C)c12. The number of hydrogen-bond donors (Lipinski definition) is 1. The first-order chi connectivity index (χ1) is 10.1. The van der Waals surface area contributed by atoms with Crippen LogP contribution in [-0.2, 0) is 0 Å². The molecule has 3 aromatic rings. The summed E-state index contributed by atoms with van der Waals surface area (Å²) in [5.74, 6) is 1.52. The fourth-order valence-electron chi connectivity index (χ4n) is 2.53.